The first-order chi connectivity index (χ1) is 12.9. The van der Waals surface area contributed by atoms with Gasteiger partial charge in [0.05, 0.1) is 23.5 Å². The van der Waals surface area contributed by atoms with Crippen LogP contribution in [0.25, 0.3) is 11.3 Å². The van der Waals surface area contributed by atoms with Crippen molar-refractivity contribution in [1.82, 2.24) is 15.3 Å². The second-order valence-electron chi connectivity index (χ2n) is 5.84. The molecule has 0 aliphatic carbocycles. The van der Waals surface area contributed by atoms with Gasteiger partial charge in [-0.1, -0.05) is 12.1 Å². The smallest absolute Gasteiger partial charge is 0.350 e. The lowest BCUT2D eigenvalue weighted by atomic mass is 10.1. The van der Waals surface area contributed by atoms with E-state index in [-0.39, 0.29) is 18.9 Å². The van der Waals surface area contributed by atoms with E-state index in [1.807, 2.05) is 16.8 Å². The molecule has 0 fully saturated rings. The third-order valence-corrected chi connectivity index (χ3v) is 4.63. The summed E-state index contributed by atoms with van der Waals surface area (Å²) < 4.78 is 37.7. The van der Waals surface area contributed by atoms with Crippen LogP contribution in [0, 0.1) is 0 Å². The van der Waals surface area contributed by atoms with E-state index in [2.05, 4.69) is 15.3 Å². The maximum atomic E-state index is 12.6. The maximum Gasteiger partial charge on any atom is 0.416 e. The van der Waals surface area contributed by atoms with Crippen molar-refractivity contribution < 1.29 is 18.0 Å². The number of nitrogens with one attached hydrogen (secondary N) is 1. The number of aromatic nitrogens is 2. The van der Waals surface area contributed by atoms with Gasteiger partial charge >= 0.3 is 6.18 Å². The zero-order chi connectivity index (χ0) is 19.3. The van der Waals surface area contributed by atoms with Crippen LogP contribution in [-0.4, -0.2) is 15.9 Å². The number of rotatable bonds is 6. The van der Waals surface area contributed by atoms with Gasteiger partial charge in [0, 0.05) is 29.8 Å². The normalized spacial score (nSPS) is 11.4. The Morgan fingerprint density at radius 1 is 1.07 bits per heavy atom. The summed E-state index contributed by atoms with van der Waals surface area (Å²) in [5.74, 6) is -0.197. The monoisotopic (exact) mass is 391 g/mol. The van der Waals surface area contributed by atoms with Crippen LogP contribution in [0.3, 0.4) is 0 Å². The molecule has 0 spiro atoms. The van der Waals surface area contributed by atoms with E-state index in [4.69, 9.17) is 0 Å². The molecule has 0 unspecified atom stereocenters. The largest absolute Gasteiger partial charge is 0.416 e. The summed E-state index contributed by atoms with van der Waals surface area (Å²) in [6, 6.07) is 6.78. The van der Waals surface area contributed by atoms with Crippen molar-refractivity contribution in [2.24, 2.45) is 0 Å². The minimum Gasteiger partial charge on any atom is -0.350 e. The Morgan fingerprint density at radius 3 is 2.48 bits per heavy atom. The fourth-order valence-electron chi connectivity index (χ4n) is 2.53. The van der Waals surface area contributed by atoms with E-state index in [1.165, 1.54) is 12.1 Å². The average Bonchev–Trinajstić information content (AvgIpc) is 3.19. The molecule has 140 valence electrons. The van der Waals surface area contributed by atoms with Crippen LogP contribution in [-0.2, 0) is 23.9 Å². The molecule has 27 heavy (non-hydrogen) atoms. The Bertz CT molecular complexity index is 893. The first-order valence-electron chi connectivity index (χ1n) is 8.19. The molecule has 1 N–H and O–H groups in total. The van der Waals surface area contributed by atoms with Gasteiger partial charge in [0.2, 0.25) is 5.91 Å². The first-order valence-corrected chi connectivity index (χ1v) is 9.13. The Kier molecular flexibility index (Phi) is 5.85. The van der Waals surface area contributed by atoms with Crippen molar-refractivity contribution in [3.05, 3.63) is 70.3 Å². The number of hydrogen-bond donors (Lipinski definition) is 1. The van der Waals surface area contributed by atoms with Gasteiger partial charge in [-0.15, -0.1) is 0 Å². The SMILES string of the molecule is O=C(CCc1ccc(C(F)(F)F)cc1)NCc1nccnc1-c1ccsc1. The molecular weight excluding hydrogens is 375 g/mol. The van der Waals surface area contributed by atoms with E-state index in [9.17, 15) is 18.0 Å². The number of halogens is 3. The molecule has 1 amide bonds. The second kappa shape index (κ2) is 8.30. The minimum absolute atomic E-state index is 0.180. The van der Waals surface area contributed by atoms with E-state index in [0.29, 0.717) is 17.7 Å². The van der Waals surface area contributed by atoms with Crippen LogP contribution in [0.15, 0.2) is 53.5 Å². The molecule has 0 aliphatic heterocycles. The standard InChI is InChI=1S/C19H16F3N3OS/c20-19(21,22)15-4-1-13(2-5-15)3-6-17(26)25-11-16-18(24-9-8-23-16)14-7-10-27-12-14/h1-2,4-5,7-10,12H,3,6,11H2,(H,25,26). The van der Waals surface area contributed by atoms with Gasteiger partial charge in [0.25, 0.3) is 0 Å². The second-order valence-corrected chi connectivity index (χ2v) is 6.62. The highest BCUT2D eigenvalue weighted by Gasteiger charge is 2.29. The summed E-state index contributed by atoms with van der Waals surface area (Å²) in [6.07, 6.45) is -0.642. The van der Waals surface area contributed by atoms with E-state index in [0.717, 1.165) is 23.4 Å². The number of alkyl halides is 3. The van der Waals surface area contributed by atoms with Crippen molar-refractivity contribution in [1.29, 1.82) is 0 Å². The summed E-state index contributed by atoms with van der Waals surface area (Å²) in [6.45, 7) is 0.241. The molecule has 1 aromatic carbocycles. The van der Waals surface area contributed by atoms with Crippen LogP contribution in [0.1, 0.15) is 23.2 Å². The minimum atomic E-state index is -4.35. The maximum absolute atomic E-state index is 12.6. The fourth-order valence-corrected chi connectivity index (χ4v) is 3.17. The molecule has 0 bridgehead atoms. The summed E-state index contributed by atoms with van der Waals surface area (Å²) >= 11 is 1.55. The van der Waals surface area contributed by atoms with Crippen LogP contribution < -0.4 is 5.32 Å². The zero-order valence-corrected chi connectivity index (χ0v) is 15.0. The fraction of sp³-hybridized carbons (Fsp3) is 0.211. The summed E-state index contributed by atoms with van der Waals surface area (Å²) in [7, 11) is 0. The Balaban J connectivity index is 1.54. The molecule has 0 saturated carbocycles. The quantitative estimate of drug-likeness (QED) is 0.674. The number of carbonyl (C=O) groups excluding carboxylic acids is 1. The van der Waals surface area contributed by atoms with Crippen LogP contribution in [0.4, 0.5) is 13.2 Å². The van der Waals surface area contributed by atoms with E-state index in [1.54, 1.807) is 23.7 Å². The van der Waals surface area contributed by atoms with Gasteiger partial charge in [-0.3, -0.25) is 14.8 Å². The van der Waals surface area contributed by atoms with Crippen molar-refractivity contribution in [3.63, 3.8) is 0 Å². The molecule has 0 aliphatic rings. The van der Waals surface area contributed by atoms with Crippen molar-refractivity contribution in [2.75, 3.05) is 0 Å². The topological polar surface area (TPSA) is 54.9 Å². The number of benzene rings is 1. The lowest BCUT2D eigenvalue weighted by Gasteiger charge is -2.09. The molecule has 3 aromatic rings. The van der Waals surface area contributed by atoms with Crippen molar-refractivity contribution in [3.8, 4) is 11.3 Å². The Labute approximate surface area is 158 Å². The van der Waals surface area contributed by atoms with E-state index >= 15 is 0 Å². The van der Waals surface area contributed by atoms with Crippen molar-refractivity contribution in [2.45, 2.75) is 25.6 Å². The highest BCUT2D eigenvalue weighted by atomic mass is 32.1. The predicted octanol–water partition coefficient (Wildman–Crippen LogP) is 4.47. The number of aryl methyl sites for hydroxylation is 1. The summed E-state index contributed by atoms with van der Waals surface area (Å²) in [5.41, 5.74) is 2.32. The van der Waals surface area contributed by atoms with Crippen molar-refractivity contribution >= 4 is 17.2 Å². The lowest BCUT2D eigenvalue weighted by molar-refractivity contribution is -0.137. The van der Waals surface area contributed by atoms with Gasteiger partial charge in [0.1, 0.15) is 0 Å². The van der Waals surface area contributed by atoms with Gasteiger partial charge in [-0.05, 0) is 35.6 Å². The molecule has 0 radical (unpaired) electrons. The number of carbonyl (C=O) groups is 1. The molecule has 2 heterocycles. The highest BCUT2D eigenvalue weighted by Crippen LogP contribution is 2.29. The van der Waals surface area contributed by atoms with Gasteiger partial charge in [0.15, 0.2) is 0 Å². The van der Waals surface area contributed by atoms with Gasteiger partial charge in [-0.2, -0.15) is 24.5 Å². The Morgan fingerprint density at radius 2 is 1.81 bits per heavy atom. The molecule has 4 nitrogen and oxygen atoms in total. The predicted molar refractivity (Wildman–Crippen MR) is 97.0 cm³/mol. The van der Waals surface area contributed by atoms with Crippen LogP contribution in [0.5, 0.6) is 0 Å². The molecule has 0 saturated heterocycles. The number of hydrogen-bond acceptors (Lipinski definition) is 4. The van der Waals surface area contributed by atoms with Crippen LogP contribution >= 0.6 is 11.3 Å². The highest BCUT2D eigenvalue weighted by molar-refractivity contribution is 7.08. The zero-order valence-electron chi connectivity index (χ0n) is 14.2. The van der Waals surface area contributed by atoms with Crippen LogP contribution in [0.2, 0.25) is 0 Å². The number of thiophene rings is 1. The molecular formula is C19H16F3N3OS. The number of nitrogens with zero attached hydrogens (tertiary/aromatic N) is 2. The molecule has 0 atom stereocenters. The van der Waals surface area contributed by atoms with Gasteiger partial charge in [-0.25, -0.2) is 0 Å². The molecule has 8 heteroatoms. The summed E-state index contributed by atoms with van der Waals surface area (Å²) in [5, 5.41) is 6.69. The Hall–Kier alpha value is -2.74. The third kappa shape index (κ3) is 5.13. The molecule has 3 rings (SSSR count). The van der Waals surface area contributed by atoms with Gasteiger partial charge < -0.3 is 5.32 Å². The average molecular weight is 391 g/mol. The summed E-state index contributed by atoms with van der Waals surface area (Å²) in [4.78, 5) is 20.7. The molecule has 2 aromatic heterocycles. The third-order valence-electron chi connectivity index (χ3n) is 3.94. The van der Waals surface area contributed by atoms with E-state index < -0.39 is 11.7 Å². The first kappa shape index (κ1) is 19.0. The number of amides is 1. The lowest BCUT2D eigenvalue weighted by Crippen LogP contribution is -2.24.